The van der Waals surface area contributed by atoms with Crippen LogP contribution in [0.1, 0.15) is 12.5 Å². The van der Waals surface area contributed by atoms with Gasteiger partial charge in [0.2, 0.25) is 0 Å². The highest BCUT2D eigenvalue weighted by atomic mass is 79.9. The van der Waals surface area contributed by atoms with Crippen molar-refractivity contribution in [1.82, 2.24) is 4.90 Å². The smallest absolute Gasteiger partial charge is 0.344 e. The van der Waals surface area contributed by atoms with Crippen LogP contribution in [0.2, 0.25) is 0 Å². The van der Waals surface area contributed by atoms with Crippen molar-refractivity contribution in [3.05, 3.63) is 31.5 Å². The summed E-state index contributed by atoms with van der Waals surface area (Å²) >= 11 is 7.57. The predicted molar refractivity (Wildman–Crippen MR) is 105 cm³/mol. The van der Waals surface area contributed by atoms with Crippen molar-refractivity contribution in [1.29, 1.82) is 0 Å². The summed E-state index contributed by atoms with van der Waals surface area (Å²) in [6.45, 7) is 1.70. The number of amides is 2. The third kappa shape index (κ3) is 4.90. The second-order valence-corrected chi connectivity index (χ2v) is 7.58. The number of rotatable bonds is 6. The Hall–Kier alpha value is -1.76. The number of esters is 1. The normalized spacial score (nSPS) is 15.3. The Bertz CT molecular complexity index is 808. The van der Waals surface area contributed by atoms with Gasteiger partial charge in [-0.15, -0.1) is 6.42 Å². The van der Waals surface area contributed by atoms with Gasteiger partial charge in [0.1, 0.15) is 5.75 Å². The van der Waals surface area contributed by atoms with Crippen molar-refractivity contribution in [2.24, 2.45) is 0 Å². The van der Waals surface area contributed by atoms with Crippen LogP contribution >= 0.6 is 43.6 Å². The first-order chi connectivity index (χ1) is 12.4. The monoisotopic (exact) mass is 501 g/mol. The van der Waals surface area contributed by atoms with Gasteiger partial charge in [0.05, 0.1) is 27.0 Å². The lowest BCUT2D eigenvalue weighted by molar-refractivity contribution is -0.145. The summed E-state index contributed by atoms with van der Waals surface area (Å²) in [4.78, 5) is 36.7. The zero-order chi connectivity index (χ0) is 19.3. The van der Waals surface area contributed by atoms with Crippen molar-refractivity contribution in [3.8, 4) is 18.1 Å². The minimum atomic E-state index is -0.474. The molecule has 0 aliphatic carbocycles. The van der Waals surface area contributed by atoms with E-state index in [1.807, 2.05) is 0 Å². The van der Waals surface area contributed by atoms with Gasteiger partial charge in [0.25, 0.3) is 11.1 Å². The molecule has 0 atom stereocenters. The SMILES string of the molecule is C#CCN1C(=O)S/C(=C/c2cc(Br)c(OCC(=O)OCC)c(Br)c2)C1=O. The summed E-state index contributed by atoms with van der Waals surface area (Å²) in [5.74, 6) is 1.82. The van der Waals surface area contributed by atoms with Gasteiger partial charge in [0, 0.05) is 0 Å². The molecule has 0 unspecified atom stereocenters. The van der Waals surface area contributed by atoms with Crippen molar-refractivity contribution in [2.45, 2.75) is 6.92 Å². The molecule has 9 heteroatoms. The van der Waals surface area contributed by atoms with Crippen LogP contribution in [0.25, 0.3) is 6.08 Å². The number of ether oxygens (including phenoxy) is 2. The largest absolute Gasteiger partial charge is 0.480 e. The molecule has 6 nitrogen and oxygen atoms in total. The molecule has 0 bridgehead atoms. The fraction of sp³-hybridized carbons (Fsp3) is 0.235. The number of carbonyl (C=O) groups is 3. The number of imide groups is 1. The Kier molecular flexibility index (Phi) is 7.32. The molecule has 1 aliphatic rings. The van der Waals surface area contributed by atoms with Crippen LogP contribution in [0.15, 0.2) is 26.0 Å². The van der Waals surface area contributed by atoms with Gasteiger partial charge < -0.3 is 9.47 Å². The number of thioether (sulfide) groups is 1. The van der Waals surface area contributed by atoms with E-state index in [2.05, 4.69) is 37.8 Å². The first-order valence-electron chi connectivity index (χ1n) is 7.33. The Morgan fingerprint density at radius 3 is 2.58 bits per heavy atom. The Balaban J connectivity index is 2.20. The average molecular weight is 503 g/mol. The zero-order valence-corrected chi connectivity index (χ0v) is 17.6. The van der Waals surface area contributed by atoms with Crippen LogP contribution < -0.4 is 4.74 Å². The van der Waals surface area contributed by atoms with Crippen LogP contribution in [0.5, 0.6) is 5.75 Å². The summed E-state index contributed by atoms with van der Waals surface area (Å²) in [6, 6.07) is 3.42. The lowest BCUT2D eigenvalue weighted by atomic mass is 10.2. The van der Waals surface area contributed by atoms with Gasteiger partial charge in [-0.3, -0.25) is 14.5 Å². The van der Waals surface area contributed by atoms with Gasteiger partial charge in [-0.2, -0.15) is 0 Å². The van der Waals surface area contributed by atoms with E-state index in [1.165, 1.54) is 0 Å². The van der Waals surface area contributed by atoms with E-state index in [-0.39, 0.29) is 24.7 Å². The lowest BCUT2D eigenvalue weighted by Crippen LogP contribution is -2.28. The summed E-state index contributed by atoms with van der Waals surface area (Å²) < 4.78 is 11.4. The number of terminal acetylenes is 1. The summed E-state index contributed by atoms with van der Waals surface area (Å²) in [5, 5.41) is -0.397. The molecule has 1 fully saturated rings. The van der Waals surface area contributed by atoms with Gasteiger partial charge in [0.15, 0.2) is 6.61 Å². The van der Waals surface area contributed by atoms with Gasteiger partial charge in [-0.25, -0.2) is 4.79 Å². The summed E-state index contributed by atoms with van der Waals surface area (Å²) in [5.41, 5.74) is 0.665. The molecule has 0 N–H and O–H groups in total. The first-order valence-corrected chi connectivity index (χ1v) is 9.74. The molecule has 0 aromatic heterocycles. The minimum Gasteiger partial charge on any atom is -0.480 e. The highest BCUT2D eigenvalue weighted by Gasteiger charge is 2.34. The van der Waals surface area contributed by atoms with Crippen molar-refractivity contribution in [2.75, 3.05) is 19.8 Å². The first kappa shape index (κ1) is 20.6. The molecule has 1 aliphatic heterocycles. The maximum atomic E-state index is 12.2. The second kappa shape index (κ2) is 9.26. The van der Waals surface area contributed by atoms with Crippen LogP contribution in [0.3, 0.4) is 0 Å². The fourth-order valence-corrected chi connectivity index (χ4v) is 4.30. The minimum absolute atomic E-state index is 0.0595. The zero-order valence-electron chi connectivity index (χ0n) is 13.6. The third-order valence-corrected chi connectivity index (χ3v) is 5.17. The topological polar surface area (TPSA) is 72.9 Å². The van der Waals surface area contributed by atoms with Crippen LogP contribution in [-0.2, 0) is 14.3 Å². The molecule has 1 aromatic rings. The molecule has 0 spiro atoms. The van der Waals surface area contributed by atoms with E-state index in [1.54, 1.807) is 25.1 Å². The van der Waals surface area contributed by atoms with Crippen LogP contribution in [0.4, 0.5) is 4.79 Å². The molecule has 0 saturated carbocycles. The molecule has 1 heterocycles. The molecule has 0 radical (unpaired) electrons. The number of hydrogen-bond donors (Lipinski definition) is 0. The number of halogens is 2. The van der Waals surface area contributed by atoms with Gasteiger partial charge in [-0.05, 0) is 74.3 Å². The van der Waals surface area contributed by atoms with Gasteiger partial charge >= 0.3 is 5.97 Å². The van der Waals surface area contributed by atoms with Gasteiger partial charge in [-0.1, -0.05) is 5.92 Å². The summed E-state index contributed by atoms with van der Waals surface area (Å²) in [6.07, 6.45) is 6.76. The molecule has 2 rings (SSSR count). The van der Waals surface area contributed by atoms with E-state index >= 15 is 0 Å². The number of nitrogens with zero attached hydrogens (tertiary/aromatic N) is 1. The van der Waals surface area contributed by atoms with Crippen molar-refractivity contribution in [3.63, 3.8) is 0 Å². The molecule has 2 amide bonds. The highest BCUT2D eigenvalue weighted by molar-refractivity contribution is 9.11. The highest BCUT2D eigenvalue weighted by Crippen LogP contribution is 2.37. The fourth-order valence-electron chi connectivity index (χ4n) is 2.01. The van der Waals surface area contributed by atoms with E-state index in [9.17, 15) is 14.4 Å². The number of carbonyl (C=O) groups excluding carboxylic acids is 3. The quantitative estimate of drug-likeness (QED) is 0.334. The molecule has 26 heavy (non-hydrogen) atoms. The predicted octanol–water partition coefficient (Wildman–Crippen LogP) is 3.82. The van der Waals surface area contributed by atoms with Crippen molar-refractivity contribution < 1.29 is 23.9 Å². The number of benzene rings is 1. The maximum Gasteiger partial charge on any atom is 0.344 e. The average Bonchev–Trinajstić information content (AvgIpc) is 2.82. The van der Waals surface area contributed by atoms with E-state index < -0.39 is 17.1 Å². The molecule has 1 aromatic carbocycles. The number of hydrogen-bond acceptors (Lipinski definition) is 6. The Labute approximate surface area is 171 Å². The Morgan fingerprint density at radius 1 is 1.35 bits per heavy atom. The lowest BCUT2D eigenvalue weighted by Gasteiger charge is -2.11. The van der Waals surface area contributed by atoms with Crippen molar-refractivity contribution >= 4 is 66.8 Å². The van der Waals surface area contributed by atoms with Crippen LogP contribution in [0, 0.1) is 12.3 Å². The van der Waals surface area contributed by atoms with E-state index in [0.29, 0.717) is 20.3 Å². The van der Waals surface area contributed by atoms with E-state index in [0.717, 1.165) is 16.7 Å². The van der Waals surface area contributed by atoms with E-state index in [4.69, 9.17) is 15.9 Å². The maximum absolute atomic E-state index is 12.2. The molecular formula is C17H13Br2NO5S. The standard InChI is InChI=1S/C17H13Br2NO5S/c1-3-5-20-16(22)13(26-17(20)23)8-10-6-11(18)15(12(19)7-10)25-9-14(21)24-4-2/h1,6-8H,4-5,9H2,2H3/b13-8+. The third-order valence-electron chi connectivity index (χ3n) is 3.08. The Morgan fingerprint density at radius 2 is 2.00 bits per heavy atom. The molecular weight excluding hydrogens is 490 g/mol. The second-order valence-electron chi connectivity index (χ2n) is 4.88. The van der Waals surface area contributed by atoms with Crippen LogP contribution in [-0.4, -0.2) is 41.8 Å². The molecule has 136 valence electrons. The summed E-state index contributed by atoms with van der Waals surface area (Å²) in [7, 11) is 0. The molecule has 1 saturated heterocycles.